The molecule has 0 radical (unpaired) electrons. The number of aliphatic imine (C=N–C) groups is 1. The van der Waals surface area contributed by atoms with Crippen LogP contribution in [0.15, 0.2) is 32.2 Å². The lowest BCUT2D eigenvalue weighted by atomic mass is 10.1. The van der Waals surface area contributed by atoms with E-state index in [0.717, 1.165) is 42.0 Å². The third kappa shape index (κ3) is 6.22. The molecule has 1 aromatic heterocycles. The summed E-state index contributed by atoms with van der Waals surface area (Å²) >= 11 is 3.16. The highest BCUT2D eigenvalue weighted by Crippen LogP contribution is 2.17. The number of aryl methyl sites for hydroxylation is 2. The number of rotatable bonds is 7. The van der Waals surface area contributed by atoms with Crippen molar-refractivity contribution >= 4 is 45.9 Å². The van der Waals surface area contributed by atoms with Crippen LogP contribution >= 0.6 is 39.9 Å². The van der Waals surface area contributed by atoms with E-state index in [1.54, 1.807) is 6.07 Å². The van der Waals surface area contributed by atoms with Crippen LogP contribution in [0.25, 0.3) is 0 Å². The fourth-order valence-electron chi connectivity index (χ4n) is 2.46. The van der Waals surface area contributed by atoms with E-state index in [1.807, 2.05) is 19.9 Å². The first-order valence-corrected chi connectivity index (χ1v) is 9.30. The van der Waals surface area contributed by atoms with Gasteiger partial charge in [-0.1, -0.05) is 25.1 Å². The van der Waals surface area contributed by atoms with Gasteiger partial charge in [-0.15, -0.1) is 24.0 Å². The highest BCUT2D eigenvalue weighted by Gasteiger charge is 2.13. The monoisotopic (exact) mass is 538 g/mol. The topological polar surface area (TPSA) is 62.5 Å². The first-order valence-electron chi connectivity index (χ1n) is 8.51. The van der Waals surface area contributed by atoms with Crippen LogP contribution in [0.2, 0.25) is 0 Å². The van der Waals surface area contributed by atoms with E-state index in [0.29, 0.717) is 23.5 Å². The number of hydrogen-bond donors (Lipinski definition) is 2. The van der Waals surface area contributed by atoms with Gasteiger partial charge in [-0.2, -0.15) is 0 Å². The van der Waals surface area contributed by atoms with Crippen LogP contribution in [0.1, 0.15) is 43.4 Å². The molecule has 0 bridgehead atoms. The Hall–Kier alpha value is -1.16. The van der Waals surface area contributed by atoms with E-state index in [4.69, 9.17) is 4.52 Å². The minimum absolute atomic E-state index is 0. The van der Waals surface area contributed by atoms with Gasteiger partial charge in [0.15, 0.2) is 5.96 Å². The number of benzene rings is 1. The summed E-state index contributed by atoms with van der Waals surface area (Å²) in [6, 6.07) is 5.03. The molecular weight excluding hydrogens is 514 g/mol. The molecule has 1 aromatic carbocycles. The summed E-state index contributed by atoms with van der Waals surface area (Å²) in [6.45, 7) is 7.84. The van der Waals surface area contributed by atoms with Crippen molar-refractivity contribution in [3.8, 4) is 0 Å². The Morgan fingerprint density at radius 1 is 1.23 bits per heavy atom. The molecule has 2 aromatic rings. The van der Waals surface area contributed by atoms with Crippen LogP contribution in [0.5, 0.6) is 0 Å². The SMILES string of the molecule is CCNC(=NCc1ccc(Br)c(F)c1)NCc1c(CC)noc1CC.I. The molecule has 0 saturated heterocycles. The van der Waals surface area contributed by atoms with E-state index in [9.17, 15) is 4.39 Å². The summed E-state index contributed by atoms with van der Waals surface area (Å²) in [5.41, 5.74) is 2.87. The molecule has 0 aliphatic carbocycles. The number of guanidine groups is 1. The molecule has 2 N–H and O–H groups in total. The Labute approximate surface area is 179 Å². The van der Waals surface area contributed by atoms with Gasteiger partial charge in [0, 0.05) is 25.1 Å². The zero-order valence-electron chi connectivity index (χ0n) is 15.2. The van der Waals surface area contributed by atoms with Gasteiger partial charge in [-0.3, -0.25) is 0 Å². The minimum atomic E-state index is -0.282. The standard InChI is InChI=1S/C18H24BrFN4O.HI/c1-4-16-13(17(5-2)25-24-16)11-23-18(21-6-3)22-10-12-7-8-14(19)15(20)9-12;/h7-9H,4-6,10-11H2,1-3H3,(H2,21,22,23);1H. The lowest BCUT2D eigenvalue weighted by molar-refractivity contribution is 0.380. The van der Waals surface area contributed by atoms with Gasteiger partial charge in [0.05, 0.1) is 16.7 Å². The fourth-order valence-corrected chi connectivity index (χ4v) is 2.71. The fraction of sp³-hybridized carbons (Fsp3) is 0.444. The molecule has 0 aliphatic heterocycles. The normalized spacial score (nSPS) is 11.2. The maximum atomic E-state index is 13.6. The second kappa shape index (κ2) is 11.5. The Morgan fingerprint density at radius 3 is 2.62 bits per heavy atom. The van der Waals surface area contributed by atoms with Gasteiger partial charge in [-0.25, -0.2) is 9.38 Å². The van der Waals surface area contributed by atoms with Crippen molar-refractivity contribution < 1.29 is 8.91 Å². The molecule has 0 atom stereocenters. The van der Waals surface area contributed by atoms with Gasteiger partial charge < -0.3 is 15.2 Å². The van der Waals surface area contributed by atoms with Gasteiger partial charge >= 0.3 is 0 Å². The second-order valence-corrected chi connectivity index (χ2v) is 6.39. The van der Waals surface area contributed by atoms with E-state index < -0.39 is 0 Å². The largest absolute Gasteiger partial charge is 0.361 e. The van der Waals surface area contributed by atoms with Gasteiger partial charge in [0.25, 0.3) is 0 Å². The van der Waals surface area contributed by atoms with Gasteiger partial charge in [0.1, 0.15) is 11.6 Å². The molecule has 1 heterocycles. The summed E-state index contributed by atoms with van der Waals surface area (Å²) in [6.07, 6.45) is 1.63. The first kappa shape index (κ1) is 22.9. The molecule has 0 spiro atoms. The average Bonchev–Trinajstić information content (AvgIpc) is 3.02. The third-order valence-corrected chi connectivity index (χ3v) is 4.43. The number of nitrogens with one attached hydrogen (secondary N) is 2. The molecule has 26 heavy (non-hydrogen) atoms. The van der Waals surface area contributed by atoms with E-state index in [-0.39, 0.29) is 29.8 Å². The maximum Gasteiger partial charge on any atom is 0.191 e. The lowest BCUT2D eigenvalue weighted by Crippen LogP contribution is -2.37. The molecule has 0 fully saturated rings. The highest BCUT2D eigenvalue weighted by atomic mass is 127. The van der Waals surface area contributed by atoms with Crippen LogP contribution in [-0.4, -0.2) is 17.7 Å². The quantitative estimate of drug-likeness (QED) is 0.308. The predicted molar refractivity (Wildman–Crippen MR) is 116 cm³/mol. The Morgan fingerprint density at radius 2 is 2.00 bits per heavy atom. The zero-order chi connectivity index (χ0) is 18.2. The Bertz CT molecular complexity index is 714. The molecular formula is C18H25BrFIN4O. The van der Waals surface area contributed by atoms with Crippen molar-refractivity contribution in [3.63, 3.8) is 0 Å². The minimum Gasteiger partial charge on any atom is -0.361 e. The summed E-state index contributed by atoms with van der Waals surface area (Å²) < 4.78 is 19.4. The number of nitrogens with zero attached hydrogens (tertiary/aromatic N) is 2. The van der Waals surface area contributed by atoms with Crippen molar-refractivity contribution in [3.05, 3.63) is 51.1 Å². The molecule has 0 saturated carbocycles. The molecule has 5 nitrogen and oxygen atoms in total. The number of halogens is 3. The predicted octanol–water partition coefficient (Wildman–Crippen LogP) is 4.57. The van der Waals surface area contributed by atoms with Crippen LogP contribution in [-0.2, 0) is 25.9 Å². The van der Waals surface area contributed by atoms with E-state index in [2.05, 4.69) is 43.6 Å². The third-order valence-electron chi connectivity index (χ3n) is 3.79. The lowest BCUT2D eigenvalue weighted by Gasteiger charge is -2.12. The van der Waals surface area contributed by atoms with Crippen LogP contribution < -0.4 is 10.6 Å². The Kier molecular flexibility index (Phi) is 10.1. The van der Waals surface area contributed by atoms with Crippen molar-refractivity contribution in [2.75, 3.05) is 6.54 Å². The molecule has 2 rings (SSSR count). The zero-order valence-corrected chi connectivity index (χ0v) is 19.2. The highest BCUT2D eigenvalue weighted by molar-refractivity contribution is 14.0. The second-order valence-electron chi connectivity index (χ2n) is 5.54. The van der Waals surface area contributed by atoms with Crippen molar-refractivity contribution in [1.82, 2.24) is 15.8 Å². The van der Waals surface area contributed by atoms with Crippen LogP contribution in [0.4, 0.5) is 4.39 Å². The van der Waals surface area contributed by atoms with Crippen molar-refractivity contribution in [2.45, 2.75) is 46.7 Å². The smallest absolute Gasteiger partial charge is 0.191 e. The number of aromatic nitrogens is 1. The molecule has 8 heteroatoms. The Balaban J connectivity index is 0.00000338. The molecule has 0 amide bonds. The maximum absolute atomic E-state index is 13.6. The van der Waals surface area contributed by atoms with Crippen molar-refractivity contribution in [1.29, 1.82) is 0 Å². The molecule has 0 aliphatic rings. The first-order chi connectivity index (χ1) is 12.1. The molecule has 144 valence electrons. The summed E-state index contributed by atoms with van der Waals surface area (Å²) in [5, 5.41) is 10.6. The summed E-state index contributed by atoms with van der Waals surface area (Å²) in [7, 11) is 0. The van der Waals surface area contributed by atoms with Gasteiger partial charge in [-0.05, 0) is 47.0 Å². The van der Waals surface area contributed by atoms with Gasteiger partial charge in [0.2, 0.25) is 0 Å². The summed E-state index contributed by atoms with van der Waals surface area (Å²) in [4.78, 5) is 4.53. The molecule has 0 unspecified atom stereocenters. The average molecular weight is 539 g/mol. The summed E-state index contributed by atoms with van der Waals surface area (Å²) in [5.74, 6) is 1.29. The van der Waals surface area contributed by atoms with E-state index in [1.165, 1.54) is 6.07 Å². The van der Waals surface area contributed by atoms with Crippen LogP contribution in [0.3, 0.4) is 0 Å². The van der Waals surface area contributed by atoms with E-state index >= 15 is 0 Å². The van der Waals surface area contributed by atoms with Crippen LogP contribution in [0, 0.1) is 5.82 Å². The van der Waals surface area contributed by atoms with Crippen molar-refractivity contribution in [2.24, 2.45) is 4.99 Å². The number of hydrogen-bond acceptors (Lipinski definition) is 3.